The Balaban J connectivity index is 2.45. The van der Waals surface area contributed by atoms with Gasteiger partial charge in [-0.25, -0.2) is 0 Å². The minimum Gasteiger partial charge on any atom is -0.454 e. The summed E-state index contributed by atoms with van der Waals surface area (Å²) in [5, 5.41) is -0.0219. The molecule has 25 heavy (non-hydrogen) atoms. The molecule has 0 spiro atoms. The van der Waals surface area contributed by atoms with Crippen LogP contribution in [0.3, 0.4) is 0 Å². The van der Waals surface area contributed by atoms with E-state index < -0.39 is 23.4 Å². The fraction of sp³-hybridized carbons (Fsp3) is 0.188. The minimum atomic E-state index is -4.63. The first-order valence-electron chi connectivity index (χ1n) is 6.82. The van der Waals surface area contributed by atoms with Crippen LogP contribution in [0.15, 0.2) is 24.3 Å². The van der Waals surface area contributed by atoms with Crippen molar-refractivity contribution >= 4 is 34.9 Å². The zero-order valence-electron chi connectivity index (χ0n) is 13.0. The Bertz CT molecular complexity index is 838. The van der Waals surface area contributed by atoms with Crippen molar-refractivity contribution in [2.24, 2.45) is 0 Å². The third kappa shape index (κ3) is 4.29. The van der Waals surface area contributed by atoms with Gasteiger partial charge in [0.25, 0.3) is 0 Å². The van der Waals surface area contributed by atoms with Gasteiger partial charge in [0.05, 0.1) is 15.6 Å². The molecule has 2 rings (SSSR count). The lowest BCUT2D eigenvalue weighted by Gasteiger charge is -2.16. The van der Waals surface area contributed by atoms with Crippen molar-refractivity contribution in [2.75, 3.05) is 5.73 Å². The number of hydrogen-bond donors (Lipinski definition) is 1. The van der Waals surface area contributed by atoms with Crippen LogP contribution in [0.2, 0.25) is 10.0 Å². The first-order chi connectivity index (χ1) is 11.5. The number of carbonyl (C=O) groups excluding carboxylic acids is 1. The molecule has 0 saturated heterocycles. The number of halogens is 5. The summed E-state index contributed by atoms with van der Waals surface area (Å²) in [5.41, 5.74) is 4.22. The summed E-state index contributed by atoms with van der Waals surface area (Å²) in [5.74, 6) is -0.653. The van der Waals surface area contributed by atoms with Gasteiger partial charge >= 0.3 is 12.1 Å². The number of alkyl halides is 3. The molecule has 0 heterocycles. The monoisotopic (exact) mass is 393 g/mol. The fourth-order valence-corrected chi connectivity index (χ4v) is 2.50. The Hall–Kier alpha value is -2.12. The van der Waals surface area contributed by atoms with Gasteiger partial charge in [-0.05, 0) is 25.1 Å². The van der Waals surface area contributed by atoms with E-state index in [2.05, 4.69) is 0 Å². The molecule has 9 heteroatoms. The lowest BCUT2D eigenvalue weighted by molar-refractivity contribution is -0.137. The molecule has 0 amide bonds. The molecule has 2 N–H and O–H groups in total. The van der Waals surface area contributed by atoms with Crippen LogP contribution >= 0.6 is 23.2 Å². The molecule has 0 radical (unpaired) electrons. The maximum Gasteiger partial charge on any atom is 0.418 e. The van der Waals surface area contributed by atoms with Gasteiger partial charge in [-0.1, -0.05) is 23.2 Å². The summed E-state index contributed by atoms with van der Waals surface area (Å²) in [4.78, 5) is 11.1. The van der Waals surface area contributed by atoms with E-state index in [-0.39, 0.29) is 27.3 Å². The highest BCUT2D eigenvalue weighted by molar-refractivity contribution is 6.38. The van der Waals surface area contributed by atoms with Crippen LogP contribution in [0.1, 0.15) is 18.1 Å². The van der Waals surface area contributed by atoms with Crippen molar-refractivity contribution in [1.29, 1.82) is 0 Å². The quantitative estimate of drug-likeness (QED) is 0.417. The van der Waals surface area contributed by atoms with Crippen molar-refractivity contribution in [3.05, 3.63) is 45.4 Å². The first-order valence-corrected chi connectivity index (χ1v) is 7.58. The number of ether oxygens (including phenoxy) is 2. The molecular formula is C16H12Cl2F3NO3. The molecule has 0 aliphatic carbocycles. The van der Waals surface area contributed by atoms with E-state index in [4.69, 9.17) is 38.4 Å². The third-order valence-corrected chi connectivity index (χ3v) is 3.91. The smallest absolute Gasteiger partial charge is 0.418 e. The molecule has 0 aliphatic rings. The maximum absolute atomic E-state index is 12.9. The second-order valence-corrected chi connectivity index (χ2v) is 5.85. The van der Waals surface area contributed by atoms with Gasteiger partial charge in [0.15, 0.2) is 5.75 Å². The normalized spacial score (nSPS) is 11.3. The van der Waals surface area contributed by atoms with Gasteiger partial charge in [-0.2, -0.15) is 13.2 Å². The van der Waals surface area contributed by atoms with Gasteiger partial charge in [-0.3, -0.25) is 4.79 Å². The number of benzene rings is 2. The topological polar surface area (TPSA) is 61.5 Å². The maximum atomic E-state index is 12.9. The molecule has 0 unspecified atom stereocenters. The second-order valence-electron chi connectivity index (χ2n) is 5.07. The molecule has 2 aromatic rings. The molecule has 0 saturated carbocycles. The number of rotatable bonds is 3. The third-order valence-electron chi connectivity index (χ3n) is 3.18. The number of esters is 1. The number of nitrogen functional groups attached to an aromatic ring is 1. The van der Waals surface area contributed by atoms with Crippen molar-refractivity contribution < 1.29 is 27.4 Å². The molecule has 0 aliphatic heterocycles. The van der Waals surface area contributed by atoms with Crippen LogP contribution in [0.25, 0.3) is 0 Å². The van der Waals surface area contributed by atoms with Crippen LogP contribution in [0.5, 0.6) is 17.2 Å². The summed E-state index contributed by atoms with van der Waals surface area (Å²) >= 11 is 12.2. The van der Waals surface area contributed by atoms with Crippen LogP contribution in [-0.2, 0) is 11.0 Å². The van der Waals surface area contributed by atoms with Crippen LogP contribution in [-0.4, -0.2) is 5.97 Å². The van der Waals surface area contributed by atoms with Crippen molar-refractivity contribution in [2.45, 2.75) is 20.0 Å². The molecular weight excluding hydrogens is 382 g/mol. The average Bonchev–Trinajstić information content (AvgIpc) is 2.49. The van der Waals surface area contributed by atoms with E-state index in [0.717, 1.165) is 12.1 Å². The fourth-order valence-electron chi connectivity index (χ4n) is 1.99. The van der Waals surface area contributed by atoms with E-state index in [0.29, 0.717) is 5.56 Å². The van der Waals surface area contributed by atoms with E-state index in [1.54, 1.807) is 6.92 Å². The number of carbonyl (C=O) groups is 1. The van der Waals surface area contributed by atoms with Gasteiger partial charge in [0.1, 0.15) is 11.5 Å². The molecule has 2 aromatic carbocycles. The Morgan fingerprint density at radius 1 is 1.20 bits per heavy atom. The first kappa shape index (κ1) is 19.2. The highest BCUT2D eigenvalue weighted by Gasteiger charge is 2.33. The van der Waals surface area contributed by atoms with Gasteiger partial charge < -0.3 is 15.2 Å². The molecule has 0 bridgehead atoms. The SMILES string of the molecule is CC(=O)Oc1cc(Cl)c(Oc2ccc(N)c(C(F)(F)F)c2)c(Cl)c1C. The number of anilines is 1. The minimum absolute atomic E-state index is 0.00846. The highest BCUT2D eigenvalue weighted by Crippen LogP contribution is 2.44. The zero-order valence-corrected chi connectivity index (χ0v) is 14.5. The number of hydrogen-bond acceptors (Lipinski definition) is 4. The molecule has 0 atom stereocenters. The van der Waals surface area contributed by atoms with E-state index in [1.165, 1.54) is 19.1 Å². The van der Waals surface area contributed by atoms with Crippen molar-refractivity contribution in [3.8, 4) is 17.2 Å². The Kier molecular flexibility index (Phi) is 5.39. The standard InChI is InChI=1S/C16H12Cl2F3NO3/c1-7-13(24-8(2)23)6-11(17)15(14(7)18)25-9-3-4-12(22)10(5-9)16(19,20)21/h3-6H,22H2,1-2H3. The largest absolute Gasteiger partial charge is 0.454 e. The number of nitrogens with two attached hydrogens (primary N) is 1. The Labute approximate surface area is 151 Å². The predicted octanol–water partition coefficient (Wildman–Crippen LogP) is 5.62. The van der Waals surface area contributed by atoms with Crippen LogP contribution < -0.4 is 15.2 Å². The summed E-state index contributed by atoms with van der Waals surface area (Å²) in [6.45, 7) is 2.76. The molecule has 134 valence electrons. The summed E-state index contributed by atoms with van der Waals surface area (Å²) in [7, 11) is 0. The van der Waals surface area contributed by atoms with Crippen LogP contribution in [0.4, 0.5) is 18.9 Å². The average molecular weight is 394 g/mol. The van der Waals surface area contributed by atoms with E-state index >= 15 is 0 Å². The Morgan fingerprint density at radius 3 is 2.40 bits per heavy atom. The molecule has 4 nitrogen and oxygen atoms in total. The highest BCUT2D eigenvalue weighted by atomic mass is 35.5. The second kappa shape index (κ2) is 7.01. The summed E-state index contributed by atoms with van der Waals surface area (Å²) in [6, 6.07) is 4.37. The summed E-state index contributed by atoms with van der Waals surface area (Å²) in [6.07, 6.45) is -4.63. The van der Waals surface area contributed by atoms with Crippen molar-refractivity contribution in [3.63, 3.8) is 0 Å². The van der Waals surface area contributed by atoms with Gasteiger partial charge in [0.2, 0.25) is 0 Å². The van der Waals surface area contributed by atoms with Crippen LogP contribution in [0, 0.1) is 6.92 Å². The molecule has 0 aromatic heterocycles. The van der Waals surface area contributed by atoms with E-state index in [9.17, 15) is 18.0 Å². The van der Waals surface area contributed by atoms with Gasteiger partial charge in [-0.15, -0.1) is 0 Å². The zero-order chi connectivity index (χ0) is 18.9. The Morgan fingerprint density at radius 2 is 1.84 bits per heavy atom. The summed E-state index contributed by atoms with van der Waals surface area (Å²) < 4.78 is 49.2. The lowest BCUT2D eigenvalue weighted by atomic mass is 10.1. The van der Waals surface area contributed by atoms with Gasteiger partial charge in [0, 0.05) is 24.2 Å². The van der Waals surface area contributed by atoms with E-state index in [1.807, 2.05) is 0 Å². The predicted molar refractivity (Wildman–Crippen MR) is 88.4 cm³/mol. The van der Waals surface area contributed by atoms with Crippen molar-refractivity contribution in [1.82, 2.24) is 0 Å². The lowest BCUT2D eigenvalue weighted by Crippen LogP contribution is -2.09. The molecule has 0 fully saturated rings.